The number of benzene rings is 1. The lowest BCUT2D eigenvalue weighted by Gasteiger charge is -2.19. The Hall–Kier alpha value is -0.470. The molecule has 0 bridgehead atoms. The van der Waals surface area contributed by atoms with Crippen LogP contribution in [0.25, 0.3) is 0 Å². The van der Waals surface area contributed by atoms with E-state index in [-0.39, 0.29) is 5.41 Å². The number of hydrogen-bond donors (Lipinski definition) is 1. The summed E-state index contributed by atoms with van der Waals surface area (Å²) in [5, 5.41) is 3.55. The van der Waals surface area contributed by atoms with E-state index in [0.717, 1.165) is 13.1 Å². The maximum atomic E-state index is 3.55. The minimum absolute atomic E-state index is 0.253. The highest BCUT2D eigenvalue weighted by Gasteiger charge is 2.12. The van der Waals surface area contributed by atoms with E-state index in [1.165, 1.54) is 42.6 Å². The molecule has 0 aliphatic rings. The van der Waals surface area contributed by atoms with Crippen LogP contribution in [0, 0.1) is 0 Å². The molecular formula is C18H31NS. The highest BCUT2D eigenvalue weighted by atomic mass is 32.2. The van der Waals surface area contributed by atoms with Crippen LogP contribution in [-0.4, -0.2) is 18.6 Å². The Bertz CT molecular complexity index is 351. The SMILES string of the molecule is CSCCCCCCNCc1ccc(C(C)(C)C)cc1. The Kier molecular flexibility index (Phi) is 8.32. The summed E-state index contributed by atoms with van der Waals surface area (Å²) in [6.45, 7) is 8.92. The number of hydrogen-bond acceptors (Lipinski definition) is 2. The van der Waals surface area contributed by atoms with E-state index in [0.29, 0.717) is 0 Å². The van der Waals surface area contributed by atoms with Gasteiger partial charge in [0.1, 0.15) is 0 Å². The lowest BCUT2D eigenvalue weighted by atomic mass is 9.87. The van der Waals surface area contributed by atoms with Crippen LogP contribution in [-0.2, 0) is 12.0 Å². The van der Waals surface area contributed by atoms with Gasteiger partial charge in [-0.05, 0) is 47.9 Å². The molecule has 0 aliphatic carbocycles. The van der Waals surface area contributed by atoms with Crippen molar-refractivity contribution in [3.63, 3.8) is 0 Å². The van der Waals surface area contributed by atoms with Crippen molar-refractivity contribution in [1.82, 2.24) is 5.32 Å². The Morgan fingerprint density at radius 3 is 2.20 bits per heavy atom. The molecule has 1 rings (SSSR count). The summed E-state index contributed by atoms with van der Waals surface area (Å²) in [6.07, 6.45) is 7.59. The first-order chi connectivity index (χ1) is 9.54. The minimum Gasteiger partial charge on any atom is -0.313 e. The second-order valence-corrected chi connectivity index (χ2v) is 7.52. The van der Waals surface area contributed by atoms with Crippen LogP contribution in [0.3, 0.4) is 0 Å². The smallest absolute Gasteiger partial charge is 0.0205 e. The van der Waals surface area contributed by atoms with Crippen molar-refractivity contribution >= 4 is 11.8 Å². The van der Waals surface area contributed by atoms with E-state index in [1.54, 1.807) is 0 Å². The fourth-order valence-electron chi connectivity index (χ4n) is 2.21. The van der Waals surface area contributed by atoms with E-state index in [9.17, 15) is 0 Å². The van der Waals surface area contributed by atoms with Crippen molar-refractivity contribution in [2.45, 2.75) is 58.4 Å². The Morgan fingerprint density at radius 2 is 1.60 bits per heavy atom. The quantitative estimate of drug-likeness (QED) is 0.643. The predicted molar refractivity (Wildman–Crippen MR) is 93.7 cm³/mol. The summed E-state index contributed by atoms with van der Waals surface area (Å²) in [5.41, 5.74) is 3.05. The van der Waals surface area contributed by atoms with Crippen LogP contribution >= 0.6 is 11.8 Å². The summed E-state index contributed by atoms with van der Waals surface area (Å²) < 4.78 is 0. The monoisotopic (exact) mass is 293 g/mol. The molecule has 1 aromatic rings. The Labute approximate surface area is 129 Å². The van der Waals surface area contributed by atoms with Crippen LogP contribution in [0.2, 0.25) is 0 Å². The molecule has 0 saturated carbocycles. The molecule has 0 unspecified atom stereocenters. The molecular weight excluding hydrogens is 262 g/mol. The van der Waals surface area contributed by atoms with Crippen molar-refractivity contribution in [3.05, 3.63) is 35.4 Å². The molecule has 0 spiro atoms. The third-order valence-corrected chi connectivity index (χ3v) is 4.30. The molecule has 0 fully saturated rings. The van der Waals surface area contributed by atoms with Gasteiger partial charge in [0.2, 0.25) is 0 Å². The van der Waals surface area contributed by atoms with Crippen LogP contribution < -0.4 is 5.32 Å². The van der Waals surface area contributed by atoms with E-state index in [1.807, 2.05) is 11.8 Å². The maximum absolute atomic E-state index is 3.55. The zero-order chi connectivity index (χ0) is 14.8. The lowest BCUT2D eigenvalue weighted by molar-refractivity contribution is 0.587. The second-order valence-electron chi connectivity index (χ2n) is 6.53. The molecule has 114 valence electrons. The molecule has 0 radical (unpaired) electrons. The predicted octanol–water partition coefficient (Wildman–Crippen LogP) is 5.00. The first-order valence-electron chi connectivity index (χ1n) is 7.83. The summed E-state index contributed by atoms with van der Waals surface area (Å²) in [6, 6.07) is 9.04. The first kappa shape index (κ1) is 17.6. The Balaban J connectivity index is 2.13. The van der Waals surface area contributed by atoms with Crippen LogP contribution in [0.15, 0.2) is 24.3 Å². The summed E-state index contributed by atoms with van der Waals surface area (Å²) >= 11 is 1.95. The fraction of sp³-hybridized carbons (Fsp3) is 0.667. The van der Waals surface area contributed by atoms with Crippen LogP contribution in [0.4, 0.5) is 0 Å². The highest BCUT2D eigenvalue weighted by Crippen LogP contribution is 2.22. The average Bonchev–Trinajstić information content (AvgIpc) is 2.41. The number of thioether (sulfide) groups is 1. The van der Waals surface area contributed by atoms with Crippen molar-refractivity contribution in [2.24, 2.45) is 0 Å². The van der Waals surface area contributed by atoms with Crippen molar-refractivity contribution in [2.75, 3.05) is 18.6 Å². The molecule has 0 heterocycles. The van der Waals surface area contributed by atoms with Gasteiger partial charge in [0.25, 0.3) is 0 Å². The zero-order valence-electron chi connectivity index (χ0n) is 13.7. The molecule has 0 aliphatic heterocycles. The van der Waals surface area contributed by atoms with Crippen molar-refractivity contribution in [1.29, 1.82) is 0 Å². The molecule has 0 atom stereocenters. The Morgan fingerprint density at radius 1 is 0.950 bits per heavy atom. The van der Waals surface area contributed by atoms with E-state index in [4.69, 9.17) is 0 Å². The van der Waals surface area contributed by atoms with Gasteiger partial charge in [0.05, 0.1) is 0 Å². The van der Waals surface area contributed by atoms with Gasteiger partial charge in [0.15, 0.2) is 0 Å². The van der Waals surface area contributed by atoms with Gasteiger partial charge in [-0.3, -0.25) is 0 Å². The summed E-state index contributed by atoms with van der Waals surface area (Å²) in [5.74, 6) is 1.31. The minimum atomic E-state index is 0.253. The first-order valence-corrected chi connectivity index (χ1v) is 9.22. The molecule has 1 aromatic carbocycles. The van der Waals surface area contributed by atoms with Crippen LogP contribution in [0.1, 0.15) is 57.6 Å². The van der Waals surface area contributed by atoms with Gasteiger partial charge < -0.3 is 5.32 Å². The van der Waals surface area contributed by atoms with E-state index >= 15 is 0 Å². The van der Waals surface area contributed by atoms with Gasteiger partial charge >= 0.3 is 0 Å². The third kappa shape index (κ3) is 7.35. The van der Waals surface area contributed by atoms with E-state index in [2.05, 4.69) is 56.6 Å². The maximum Gasteiger partial charge on any atom is 0.0205 e. The number of nitrogens with one attached hydrogen (secondary N) is 1. The van der Waals surface area contributed by atoms with Crippen LogP contribution in [0.5, 0.6) is 0 Å². The largest absolute Gasteiger partial charge is 0.313 e. The van der Waals surface area contributed by atoms with Crippen molar-refractivity contribution < 1.29 is 0 Å². The lowest BCUT2D eigenvalue weighted by Crippen LogP contribution is -2.15. The zero-order valence-corrected chi connectivity index (χ0v) is 14.5. The van der Waals surface area contributed by atoms with Gasteiger partial charge in [-0.15, -0.1) is 0 Å². The van der Waals surface area contributed by atoms with Crippen molar-refractivity contribution in [3.8, 4) is 0 Å². The summed E-state index contributed by atoms with van der Waals surface area (Å²) in [7, 11) is 0. The fourth-order valence-corrected chi connectivity index (χ4v) is 2.70. The molecule has 1 nitrogen and oxygen atoms in total. The average molecular weight is 294 g/mol. The van der Waals surface area contributed by atoms with Gasteiger partial charge in [-0.2, -0.15) is 11.8 Å². The number of unbranched alkanes of at least 4 members (excludes halogenated alkanes) is 3. The molecule has 0 saturated heterocycles. The molecule has 0 amide bonds. The standard InChI is InChI=1S/C18H31NS/c1-18(2,3)17-11-9-16(10-12-17)15-19-13-7-5-6-8-14-20-4/h9-12,19H,5-8,13-15H2,1-4H3. The van der Waals surface area contributed by atoms with Gasteiger partial charge in [-0.1, -0.05) is 57.9 Å². The second kappa shape index (κ2) is 9.46. The molecule has 0 aromatic heterocycles. The topological polar surface area (TPSA) is 12.0 Å². The third-order valence-electron chi connectivity index (χ3n) is 3.60. The normalized spacial score (nSPS) is 11.8. The summed E-state index contributed by atoms with van der Waals surface area (Å²) in [4.78, 5) is 0. The molecule has 20 heavy (non-hydrogen) atoms. The van der Waals surface area contributed by atoms with Gasteiger partial charge in [0, 0.05) is 6.54 Å². The highest BCUT2D eigenvalue weighted by molar-refractivity contribution is 7.98. The van der Waals surface area contributed by atoms with Gasteiger partial charge in [-0.25, -0.2) is 0 Å². The van der Waals surface area contributed by atoms with E-state index < -0.39 is 0 Å². The number of rotatable bonds is 9. The molecule has 1 N–H and O–H groups in total. The molecule has 2 heteroatoms.